The minimum atomic E-state index is 0.307. The third-order valence-corrected chi connectivity index (χ3v) is 2.43. The second-order valence-corrected chi connectivity index (χ2v) is 3.92. The van der Waals surface area contributed by atoms with Crippen LogP contribution in [-0.2, 0) is 4.74 Å². The Morgan fingerprint density at radius 1 is 1.57 bits per heavy atom. The Morgan fingerprint density at radius 2 is 2.36 bits per heavy atom. The van der Waals surface area contributed by atoms with Crippen molar-refractivity contribution in [1.29, 1.82) is 0 Å². The Labute approximate surface area is 89.3 Å². The van der Waals surface area contributed by atoms with Crippen LogP contribution in [-0.4, -0.2) is 31.0 Å². The maximum absolute atomic E-state index is 5.03. The number of aromatic nitrogens is 1. The number of hydrogen-bond acceptors (Lipinski definition) is 4. The van der Waals surface area contributed by atoms with E-state index < -0.39 is 0 Å². The van der Waals surface area contributed by atoms with Crippen LogP contribution in [0.5, 0.6) is 0 Å². The van der Waals surface area contributed by atoms with Crippen molar-refractivity contribution < 1.29 is 4.74 Å². The maximum Gasteiger partial charge on any atom is 0.0958 e. The van der Waals surface area contributed by atoms with Crippen LogP contribution in [0.15, 0.2) is 23.4 Å². The molecular formula is C10H16N2OS. The van der Waals surface area contributed by atoms with E-state index in [0.29, 0.717) is 12.6 Å². The van der Waals surface area contributed by atoms with Gasteiger partial charge in [0.2, 0.25) is 0 Å². The van der Waals surface area contributed by atoms with Crippen LogP contribution in [0.3, 0.4) is 0 Å². The Hall–Kier alpha value is -0.740. The number of anilines is 1. The van der Waals surface area contributed by atoms with Crippen LogP contribution >= 0.6 is 11.8 Å². The van der Waals surface area contributed by atoms with E-state index in [-0.39, 0.29) is 0 Å². The molecule has 0 amide bonds. The van der Waals surface area contributed by atoms with Gasteiger partial charge in [-0.2, -0.15) is 0 Å². The van der Waals surface area contributed by atoms with Crippen molar-refractivity contribution in [2.24, 2.45) is 0 Å². The first-order chi connectivity index (χ1) is 6.76. The van der Waals surface area contributed by atoms with E-state index in [0.717, 1.165) is 10.7 Å². The minimum absolute atomic E-state index is 0.307. The fraction of sp³-hybridized carbons (Fsp3) is 0.500. The number of ether oxygens (including phenoxy) is 1. The van der Waals surface area contributed by atoms with Crippen molar-refractivity contribution in [3.63, 3.8) is 0 Å². The minimum Gasteiger partial charge on any atom is -0.383 e. The molecule has 0 bridgehead atoms. The summed E-state index contributed by atoms with van der Waals surface area (Å²) in [5.41, 5.74) is 1.03. The summed E-state index contributed by atoms with van der Waals surface area (Å²) in [6, 6.07) is 4.35. The molecule has 0 fully saturated rings. The summed E-state index contributed by atoms with van der Waals surface area (Å²) in [6.07, 6.45) is 3.86. The number of thioether (sulfide) groups is 1. The normalized spacial score (nSPS) is 12.5. The fourth-order valence-electron chi connectivity index (χ4n) is 1.16. The second kappa shape index (κ2) is 5.88. The Morgan fingerprint density at radius 3 is 2.86 bits per heavy atom. The van der Waals surface area contributed by atoms with Crippen LogP contribution in [0.1, 0.15) is 6.92 Å². The van der Waals surface area contributed by atoms with Gasteiger partial charge < -0.3 is 10.1 Å². The summed E-state index contributed by atoms with van der Waals surface area (Å²) < 4.78 is 5.03. The molecule has 78 valence electrons. The highest BCUT2D eigenvalue weighted by atomic mass is 32.2. The zero-order chi connectivity index (χ0) is 10.4. The predicted molar refractivity (Wildman–Crippen MR) is 61.0 cm³/mol. The average molecular weight is 212 g/mol. The van der Waals surface area contributed by atoms with Gasteiger partial charge in [-0.3, -0.25) is 0 Å². The van der Waals surface area contributed by atoms with Crippen molar-refractivity contribution in [3.8, 4) is 0 Å². The molecule has 1 aromatic heterocycles. The average Bonchev–Trinajstić information content (AvgIpc) is 2.19. The van der Waals surface area contributed by atoms with Crippen molar-refractivity contribution >= 4 is 17.4 Å². The lowest BCUT2D eigenvalue weighted by molar-refractivity contribution is 0.190. The van der Waals surface area contributed by atoms with E-state index in [9.17, 15) is 0 Å². The molecule has 0 aliphatic heterocycles. The number of nitrogens with zero attached hydrogens (tertiary/aromatic N) is 1. The van der Waals surface area contributed by atoms with Crippen molar-refractivity contribution in [1.82, 2.24) is 4.98 Å². The van der Waals surface area contributed by atoms with Gasteiger partial charge in [-0.25, -0.2) is 4.98 Å². The molecule has 1 heterocycles. The number of methoxy groups -OCH3 is 1. The van der Waals surface area contributed by atoms with Crippen LogP contribution in [0.4, 0.5) is 5.69 Å². The lowest BCUT2D eigenvalue weighted by Crippen LogP contribution is -2.20. The Balaban J connectivity index is 2.50. The smallest absolute Gasteiger partial charge is 0.0958 e. The van der Waals surface area contributed by atoms with Gasteiger partial charge in [-0.15, -0.1) is 11.8 Å². The van der Waals surface area contributed by atoms with Gasteiger partial charge in [0.05, 0.1) is 23.5 Å². The third kappa shape index (κ3) is 3.55. The molecule has 0 saturated heterocycles. The highest BCUT2D eigenvalue weighted by Crippen LogP contribution is 2.14. The molecule has 1 aromatic rings. The highest BCUT2D eigenvalue weighted by Gasteiger charge is 2.00. The summed E-state index contributed by atoms with van der Waals surface area (Å²) in [4.78, 5) is 4.27. The molecule has 0 saturated carbocycles. The number of nitrogens with one attached hydrogen (secondary N) is 1. The second-order valence-electron chi connectivity index (χ2n) is 3.09. The standard InChI is InChI=1S/C10H16N2OS/c1-8(7-13-2)12-9-4-5-10(14-3)11-6-9/h4-6,8,12H,7H2,1-3H3. The van der Waals surface area contributed by atoms with Crippen LogP contribution in [0, 0.1) is 0 Å². The van der Waals surface area contributed by atoms with Crippen LogP contribution in [0.2, 0.25) is 0 Å². The van der Waals surface area contributed by atoms with Crippen LogP contribution < -0.4 is 5.32 Å². The maximum atomic E-state index is 5.03. The van der Waals surface area contributed by atoms with Gasteiger partial charge in [-0.05, 0) is 25.3 Å². The zero-order valence-electron chi connectivity index (χ0n) is 8.78. The fourth-order valence-corrected chi connectivity index (χ4v) is 1.52. The van der Waals surface area contributed by atoms with Gasteiger partial charge in [0.1, 0.15) is 0 Å². The van der Waals surface area contributed by atoms with Gasteiger partial charge >= 0.3 is 0 Å². The van der Waals surface area contributed by atoms with E-state index in [1.54, 1.807) is 18.9 Å². The lowest BCUT2D eigenvalue weighted by Gasteiger charge is -2.13. The molecule has 1 N–H and O–H groups in total. The molecule has 14 heavy (non-hydrogen) atoms. The topological polar surface area (TPSA) is 34.1 Å². The SMILES string of the molecule is COCC(C)Nc1ccc(SC)nc1. The van der Waals surface area contributed by atoms with Gasteiger partial charge in [0.15, 0.2) is 0 Å². The summed E-state index contributed by atoms with van der Waals surface area (Å²) in [7, 11) is 1.70. The van der Waals surface area contributed by atoms with Gasteiger partial charge in [0, 0.05) is 13.2 Å². The number of rotatable bonds is 5. The van der Waals surface area contributed by atoms with Gasteiger partial charge in [0.25, 0.3) is 0 Å². The van der Waals surface area contributed by atoms with E-state index in [2.05, 4.69) is 17.2 Å². The molecule has 3 nitrogen and oxygen atoms in total. The first-order valence-corrected chi connectivity index (χ1v) is 5.74. The molecule has 0 aliphatic carbocycles. The van der Waals surface area contributed by atoms with E-state index in [1.807, 2.05) is 24.6 Å². The lowest BCUT2D eigenvalue weighted by atomic mass is 10.3. The summed E-state index contributed by atoms with van der Waals surface area (Å²) in [5, 5.41) is 4.33. The highest BCUT2D eigenvalue weighted by molar-refractivity contribution is 7.98. The molecule has 4 heteroatoms. The Kier molecular flexibility index (Phi) is 4.76. The number of hydrogen-bond donors (Lipinski definition) is 1. The molecule has 0 aliphatic rings. The van der Waals surface area contributed by atoms with E-state index in [4.69, 9.17) is 4.74 Å². The predicted octanol–water partition coefficient (Wildman–Crippen LogP) is 2.25. The summed E-state index contributed by atoms with van der Waals surface area (Å²) in [6.45, 7) is 2.77. The monoisotopic (exact) mass is 212 g/mol. The zero-order valence-corrected chi connectivity index (χ0v) is 9.60. The molecule has 1 rings (SSSR count). The van der Waals surface area contributed by atoms with E-state index >= 15 is 0 Å². The molecular weight excluding hydrogens is 196 g/mol. The van der Waals surface area contributed by atoms with Crippen molar-refractivity contribution in [2.45, 2.75) is 18.0 Å². The van der Waals surface area contributed by atoms with Crippen molar-refractivity contribution in [3.05, 3.63) is 18.3 Å². The Bertz CT molecular complexity index is 263. The molecule has 0 spiro atoms. The summed E-state index contributed by atoms with van der Waals surface area (Å²) >= 11 is 1.64. The summed E-state index contributed by atoms with van der Waals surface area (Å²) in [5.74, 6) is 0. The van der Waals surface area contributed by atoms with E-state index in [1.165, 1.54) is 0 Å². The molecule has 1 atom stereocenters. The quantitative estimate of drug-likeness (QED) is 0.759. The first-order valence-electron chi connectivity index (χ1n) is 4.51. The van der Waals surface area contributed by atoms with Gasteiger partial charge in [-0.1, -0.05) is 0 Å². The largest absolute Gasteiger partial charge is 0.383 e. The molecule has 0 aromatic carbocycles. The van der Waals surface area contributed by atoms with Crippen molar-refractivity contribution in [2.75, 3.05) is 25.3 Å². The van der Waals surface area contributed by atoms with Crippen LogP contribution in [0.25, 0.3) is 0 Å². The molecule has 0 radical (unpaired) electrons. The molecule has 1 unspecified atom stereocenters. The third-order valence-electron chi connectivity index (χ3n) is 1.78. The first kappa shape index (κ1) is 11.3. The number of pyridine rings is 1.